The number of halogens is 1. The summed E-state index contributed by atoms with van der Waals surface area (Å²) in [5.74, 6) is 1.35. The SMILES string of the molecule is CC(CC(=O)N1CC(c2ccccc2)OCC1C)C1CCCNC1.Cl. The molecule has 1 N–H and O–H groups in total. The average molecular weight is 367 g/mol. The summed E-state index contributed by atoms with van der Waals surface area (Å²) < 4.78 is 5.97. The number of rotatable bonds is 4. The molecule has 0 aromatic heterocycles. The van der Waals surface area contributed by atoms with Crippen LogP contribution < -0.4 is 5.32 Å². The quantitative estimate of drug-likeness (QED) is 0.887. The Hall–Kier alpha value is -1.10. The van der Waals surface area contributed by atoms with Crippen molar-refractivity contribution < 1.29 is 9.53 Å². The number of nitrogens with one attached hydrogen (secondary N) is 1. The summed E-state index contributed by atoms with van der Waals surface area (Å²) in [6.45, 7) is 7.78. The lowest BCUT2D eigenvalue weighted by atomic mass is 9.85. The Morgan fingerprint density at radius 1 is 1.36 bits per heavy atom. The Kier molecular flexibility index (Phi) is 7.73. The molecule has 2 saturated heterocycles. The Morgan fingerprint density at radius 3 is 2.80 bits per heavy atom. The number of hydrogen-bond acceptors (Lipinski definition) is 3. The molecule has 5 heteroatoms. The molecule has 4 atom stereocenters. The zero-order valence-electron chi connectivity index (χ0n) is 15.3. The maximum atomic E-state index is 12.9. The van der Waals surface area contributed by atoms with E-state index in [1.807, 2.05) is 23.1 Å². The van der Waals surface area contributed by atoms with Crippen LogP contribution in [0.25, 0.3) is 0 Å². The van der Waals surface area contributed by atoms with Crippen LogP contribution >= 0.6 is 12.4 Å². The normalized spacial score (nSPS) is 28.1. The van der Waals surface area contributed by atoms with Crippen LogP contribution in [-0.2, 0) is 9.53 Å². The Morgan fingerprint density at radius 2 is 2.12 bits per heavy atom. The van der Waals surface area contributed by atoms with Crippen molar-refractivity contribution in [3.63, 3.8) is 0 Å². The summed E-state index contributed by atoms with van der Waals surface area (Å²) in [6, 6.07) is 10.4. The van der Waals surface area contributed by atoms with Crippen LogP contribution in [-0.4, -0.2) is 43.1 Å². The predicted molar refractivity (Wildman–Crippen MR) is 103 cm³/mol. The van der Waals surface area contributed by atoms with Crippen LogP contribution in [0.2, 0.25) is 0 Å². The molecule has 2 aliphatic heterocycles. The van der Waals surface area contributed by atoms with Gasteiger partial charge in [0.2, 0.25) is 5.91 Å². The third kappa shape index (κ3) is 5.19. The molecular weight excluding hydrogens is 336 g/mol. The predicted octanol–water partition coefficient (Wildman–Crippen LogP) is 3.42. The van der Waals surface area contributed by atoms with E-state index in [1.165, 1.54) is 12.8 Å². The van der Waals surface area contributed by atoms with Gasteiger partial charge in [0.15, 0.2) is 0 Å². The first-order valence-electron chi connectivity index (χ1n) is 9.32. The first-order chi connectivity index (χ1) is 11.6. The number of piperidine rings is 1. The molecule has 2 heterocycles. The van der Waals surface area contributed by atoms with Crippen LogP contribution in [0.3, 0.4) is 0 Å². The van der Waals surface area contributed by atoms with Crippen molar-refractivity contribution in [2.75, 3.05) is 26.2 Å². The first kappa shape index (κ1) is 20.2. The van der Waals surface area contributed by atoms with Crippen LogP contribution in [0.5, 0.6) is 0 Å². The highest BCUT2D eigenvalue weighted by atomic mass is 35.5. The molecule has 1 aromatic rings. The van der Waals surface area contributed by atoms with Crippen molar-refractivity contribution >= 4 is 18.3 Å². The maximum Gasteiger partial charge on any atom is 0.223 e. The van der Waals surface area contributed by atoms with Gasteiger partial charge < -0.3 is 15.0 Å². The van der Waals surface area contributed by atoms with E-state index in [0.717, 1.165) is 18.7 Å². The molecular formula is C20H31ClN2O2. The molecule has 25 heavy (non-hydrogen) atoms. The average Bonchev–Trinajstić information content (AvgIpc) is 2.63. The molecule has 0 spiro atoms. The van der Waals surface area contributed by atoms with Gasteiger partial charge >= 0.3 is 0 Å². The number of carbonyl (C=O) groups is 1. The summed E-state index contributed by atoms with van der Waals surface area (Å²) >= 11 is 0. The molecule has 140 valence electrons. The van der Waals surface area contributed by atoms with Gasteiger partial charge in [0.1, 0.15) is 6.10 Å². The molecule has 2 aliphatic rings. The van der Waals surface area contributed by atoms with Crippen molar-refractivity contribution in [2.24, 2.45) is 11.8 Å². The molecule has 0 aliphatic carbocycles. The number of morpholine rings is 1. The van der Waals surface area contributed by atoms with E-state index in [9.17, 15) is 4.79 Å². The van der Waals surface area contributed by atoms with E-state index in [2.05, 4.69) is 31.3 Å². The van der Waals surface area contributed by atoms with Gasteiger partial charge in [0.05, 0.1) is 19.2 Å². The minimum atomic E-state index is -0.00185. The second-order valence-electron chi connectivity index (χ2n) is 7.42. The minimum absolute atomic E-state index is 0. The number of hydrogen-bond donors (Lipinski definition) is 1. The van der Waals surface area contributed by atoms with Gasteiger partial charge in [-0.1, -0.05) is 37.3 Å². The number of ether oxygens (including phenoxy) is 1. The fourth-order valence-electron chi connectivity index (χ4n) is 3.90. The van der Waals surface area contributed by atoms with Crippen molar-refractivity contribution in [2.45, 2.75) is 45.3 Å². The van der Waals surface area contributed by atoms with E-state index in [0.29, 0.717) is 31.4 Å². The summed E-state index contributed by atoms with van der Waals surface area (Å²) in [6.07, 6.45) is 3.12. The lowest BCUT2D eigenvalue weighted by Gasteiger charge is -2.39. The smallest absolute Gasteiger partial charge is 0.223 e. The Bertz CT molecular complexity index is 534. The maximum absolute atomic E-state index is 12.9. The minimum Gasteiger partial charge on any atom is -0.370 e. The molecule has 0 saturated carbocycles. The second-order valence-corrected chi connectivity index (χ2v) is 7.42. The van der Waals surface area contributed by atoms with Gasteiger partial charge in [-0.25, -0.2) is 0 Å². The fourth-order valence-corrected chi connectivity index (χ4v) is 3.90. The van der Waals surface area contributed by atoms with Crippen molar-refractivity contribution in [1.82, 2.24) is 10.2 Å². The van der Waals surface area contributed by atoms with Gasteiger partial charge in [-0.05, 0) is 50.3 Å². The summed E-state index contributed by atoms with van der Waals surface area (Å²) in [5, 5.41) is 3.46. The molecule has 4 unspecified atom stereocenters. The van der Waals surface area contributed by atoms with E-state index in [4.69, 9.17) is 4.74 Å². The van der Waals surface area contributed by atoms with E-state index < -0.39 is 0 Å². The van der Waals surface area contributed by atoms with Crippen molar-refractivity contribution in [1.29, 1.82) is 0 Å². The van der Waals surface area contributed by atoms with Crippen LogP contribution in [0.1, 0.15) is 44.8 Å². The van der Waals surface area contributed by atoms with Crippen LogP contribution in [0, 0.1) is 11.8 Å². The zero-order chi connectivity index (χ0) is 16.9. The molecule has 3 rings (SSSR count). The lowest BCUT2D eigenvalue weighted by Crippen LogP contribution is -2.49. The van der Waals surface area contributed by atoms with Gasteiger partial charge in [0, 0.05) is 6.42 Å². The number of amides is 1. The lowest BCUT2D eigenvalue weighted by molar-refractivity contribution is -0.145. The molecule has 1 aromatic carbocycles. The van der Waals surface area contributed by atoms with Gasteiger partial charge in [-0.2, -0.15) is 0 Å². The van der Waals surface area contributed by atoms with Crippen LogP contribution in [0.4, 0.5) is 0 Å². The van der Waals surface area contributed by atoms with Gasteiger partial charge in [-0.15, -0.1) is 12.4 Å². The van der Waals surface area contributed by atoms with Gasteiger partial charge in [-0.3, -0.25) is 4.79 Å². The third-order valence-corrected chi connectivity index (χ3v) is 5.56. The zero-order valence-corrected chi connectivity index (χ0v) is 16.1. The van der Waals surface area contributed by atoms with E-state index in [1.54, 1.807) is 0 Å². The highest BCUT2D eigenvalue weighted by molar-refractivity contribution is 5.85. The molecule has 1 amide bonds. The molecule has 0 radical (unpaired) electrons. The molecule has 2 fully saturated rings. The number of benzene rings is 1. The number of carbonyl (C=O) groups excluding carboxylic acids is 1. The van der Waals surface area contributed by atoms with E-state index >= 15 is 0 Å². The van der Waals surface area contributed by atoms with Crippen molar-refractivity contribution in [3.8, 4) is 0 Å². The Labute approximate surface area is 157 Å². The van der Waals surface area contributed by atoms with Crippen LogP contribution in [0.15, 0.2) is 30.3 Å². The second kappa shape index (κ2) is 9.56. The Balaban J connectivity index is 0.00000225. The highest BCUT2D eigenvalue weighted by Crippen LogP contribution is 2.28. The number of nitrogens with zero attached hydrogens (tertiary/aromatic N) is 1. The molecule has 0 bridgehead atoms. The summed E-state index contributed by atoms with van der Waals surface area (Å²) in [7, 11) is 0. The monoisotopic (exact) mass is 366 g/mol. The van der Waals surface area contributed by atoms with Gasteiger partial charge in [0.25, 0.3) is 0 Å². The van der Waals surface area contributed by atoms with E-state index in [-0.39, 0.29) is 30.5 Å². The summed E-state index contributed by atoms with van der Waals surface area (Å²) in [5.41, 5.74) is 1.16. The fraction of sp³-hybridized carbons (Fsp3) is 0.650. The van der Waals surface area contributed by atoms with Crippen molar-refractivity contribution in [3.05, 3.63) is 35.9 Å². The summed E-state index contributed by atoms with van der Waals surface area (Å²) in [4.78, 5) is 14.9. The first-order valence-corrected chi connectivity index (χ1v) is 9.32. The molecule has 4 nitrogen and oxygen atoms in total. The topological polar surface area (TPSA) is 41.6 Å². The standard InChI is InChI=1S/C20H30N2O2.ClH/c1-15(18-9-6-10-21-12-18)11-20(23)22-13-19(24-14-16(22)2)17-7-4-3-5-8-17;/h3-5,7-8,15-16,18-19,21H,6,9-14H2,1-2H3;1H. The largest absolute Gasteiger partial charge is 0.370 e. The third-order valence-electron chi connectivity index (χ3n) is 5.56. The highest BCUT2D eigenvalue weighted by Gasteiger charge is 2.32.